The number of rotatable bonds is 5. The first-order valence-corrected chi connectivity index (χ1v) is 6.43. The summed E-state index contributed by atoms with van der Waals surface area (Å²) in [4.78, 5) is 8.27. The van der Waals surface area contributed by atoms with Gasteiger partial charge in [-0.05, 0) is 25.9 Å². The fourth-order valence-electron chi connectivity index (χ4n) is 0.725. The number of hydrogen-bond donors (Lipinski definition) is 0. The summed E-state index contributed by atoms with van der Waals surface area (Å²) in [5.41, 5.74) is 0. The third kappa shape index (κ3) is 5.63. The van der Waals surface area contributed by atoms with Gasteiger partial charge in [0.05, 0.1) is 6.01 Å². The van der Waals surface area contributed by atoms with Crippen molar-refractivity contribution in [1.29, 1.82) is 0 Å². The monoisotopic (exact) mass is 240 g/mol. The molecule has 0 amide bonds. The minimum absolute atomic E-state index is 0. The van der Waals surface area contributed by atoms with Crippen molar-refractivity contribution < 1.29 is 0 Å². The second-order valence-electron chi connectivity index (χ2n) is 2.16. The Kier molecular flexibility index (Phi) is 10.9. The molecule has 0 heterocycles. The molecule has 0 spiro atoms. The maximum atomic E-state index is 4.31. The Bertz CT molecular complexity index is 167. The van der Waals surface area contributed by atoms with E-state index in [1.807, 2.05) is 6.92 Å². The van der Waals surface area contributed by atoms with E-state index in [0.29, 0.717) is 0 Å². The van der Waals surface area contributed by atoms with Crippen molar-refractivity contribution >= 4 is 41.9 Å². The van der Waals surface area contributed by atoms with Crippen molar-refractivity contribution in [2.24, 2.45) is 9.98 Å². The topological polar surface area (TPSA) is 24.7 Å². The molecule has 0 saturated heterocycles. The van der Waals surface area contributed by atoms with Crippen LogP contribution in [0.4, 0.5) is 0 Å². The molecule has 2 nitrogen and oxygen atoms in total. The Morgan fingerprint density at radius 3 is 2.08 bits per heavy atom. The van der Waals surface area contributed by atoms with E-state index in [1.165, 1.54) is 0 Å². The standard InChI is InChI=1S/C8H16N2S2.ClH/c1-5-8(11-3,12-4)10-7-9-6-2;/h5-6H2,1-4H3;1H. The van der Waals surface area contributed by atoms with Crippen molar-refractivity contribution in [2.45, 2.75) is 24.5 Å². The molecule has 0 aliphatic heterocycles. The van der Waals surface area contributed by atoms with Crippen LogP contribution in [0.2, 0.25) is 0 Å². The molecule has 0 bridgehead atoms. The van der Waals surface area contributed by atoms with Gasteiger partial charge in [-0.25, -0.2) is 4.99 Å². The van der Waals surface area contributed by atoms with E-state index in [4.69, 9.17) is 0 Å². The van der Waals surface area contributed by atoms with E-state index in [0.717, 1.165) is 13.0 Å². The molecule has 0 aliphatic rings. The first kappa shape index (κ1) is 15.8. The summed E-state index contributed by atoms with van der Waals surface area (Å²) in [6, 6.07) is 2.74. The highest BCUT2D eigenvalue weighted by Crippen LogP contribution is 2.37. The molecule has 0 rings (SSSR count). The normalized spacial score (nSPS) is 9.85. The Morgan fingerprint density at radius 1 is 1.23 bits per heavy atom. The highest BCUT2D eigenvalue weighted by molar-refractivity contribution is 8.17. The van der Waals surface area contributed by atoms with Crippen LogP contribution in [-0.4, -0.2) is 29.3 Å². The van der Waals surface area contributed by atoms with Gasteiger partial charge in [-0.1, -0.05) is 6.92 Å². The predicted molar refractivity (Wildman–Crippen MR) is 67.7 cm³/mol. The first-order valence-electron chi connectivity index (χ1n) is 3.98. The quantitative estimate of drug-likeness (QED) is 0.544. The molecule has 0 fully saturated rings. The molecule has 0 unspecified atom stereocenters. The van der Waals surface area contributed by atoms with Gasteiger partial charge in [-0.15, -0.1) is 35.9 Å². The van der Waals surface area contributed by atoms with Crippen LogP contribution in [0.5, 0.6) is 0 Å². The lowest BCUT2D eigenvalue weighted by molar-refractivity contribution is 0.818. The third-order valence-electron chi connectivity index (χ3n) is 1.53. The van der Waals surface area contributed by atoms with E-state index in [1.54, 1.807) is 23.5 Å². The van der Waals surface area contributed by atoms with E-state index < -0.39 is 0 Å². The summed E-state index contributed by atoms with van der Waals surface area (Å²) < 4.78 is -0.0708. The van der Waals surface area contributed by atoms with Gasteiger partial charge in [-0.2, -0.15) is 4.99 Å². The van der Waals surface area contributed by atoms with Crippen LogP contribution in [0.15, 0.2) is 9.98 Å². The Balaban J connectivity index is 0. The summed E-state index contributed by atoms with van der Waals surface area (Å²) in [5, 5.41) is 0. The van der Waals surface area contributed by atoms with Crippen molar-refractivity contribution in [3.05, 3.63) is 0 Å². The Morgan fingerprint density at radius 2 is 1.77 bits per heavy atom. The van der Waals surface area contributed by atoms with Crippen molar-refractivity contribution in [3.8, 4) is 0 Å². The summed E-state index contributed by atoms with van der Waals surface area (Å²) in [5.74, 6) is 0. The van der Waals surface area contributed by atoms with Gasteiger partial charge in [0.15, 0.2) is 4.20 Å². The summed E-state index contributed by atoms with van der Waals surface area (Å²) >= 11 is 3.48. The number of nitrogens with zero attached hydrogens (tertiary/aromatic N) is 2. The number of halogens is 1. The Labute approximate surface area is 95.5 Å². The van der Waals surface area contributed by atoms with Crippen LogP contribution >= 0.6 is 35.9 Å². The van der Waals surface area contributed by atoms with Gasteiger partial charge in [0.25, 0.3) is 0 Å². The summed E-state index contributed by atoms with van der Waals surface area (Å²) in [6.45, 7) is 4.87. The maximum Gasteiger partial charge on any atom is 0.161 e. The maximum absolute atomic E-state index is 4.31. The number of hydrogen-bond acceptors (Lipinski definition) is 4. The molecule has 0 aromatic heterocycles. The van der Waals surface area contributed by atoms with Crippen LogP contribution in [0, 0.1) is 0 Å². The average molecular weight is 241 g/mol. The molecule has 0 radical (unpaired) electrons. The molecule has 78 valence electrons. The molecular formula is C8H17ClN2S2. The van der Waals surface area contributed by atoms with E-state index in [2.05, 4.69) is 35.4 Å². The van der Waals surface area contributed by atoms with Crippen molar-refractivity contribution in [2.75, 3.05) is 19.1 Å². The molecule has 0 atom stereocenters. The second-order valence-corrected chi connectivity index (χ2v) is 4.59. The molecule has 0 aromatic carbocycles. The van der Waals surface area contributed by atoms with Gasteiger partial charge in [0.2, 0.25) is 0 Å². The van der Waals surface area contributed by atoms with Crippen LogP contribution < -0.4 is 0 Å². The molecule has 0 N–H and O–H groups in total. The lowest BCUT2D eigenvalue weighted by Crippen LogP contribution is -2.13. The first-order chi connectivity index (χ1) is 5.74. The number of aliphatic imine (C=N–C) groups is 2. The van der Waals surface area contributed by atoms with Crippen LogP contribution in [-0.2, 0) is 0 Å². The lowest BCUT2D eigenvalue weighted by Gasteiger charge is -2.21. The highest BCUT2D eigenvalue weighted by Gasteiger charge is 2.23. The molecule has 0 aromatic rings. The zero-order chi connectivity index (χ0) is 9.45. The van der Waals surface area contributed by atoms with Crippen LogP contribution in [0.1, 0.15) is 20.3 Å². The summed E-state index contributed by atoms with van der Waals surface area (Å²) in [7, 11) is 0. The van der Waals surface area contributed by atoms with Gasteiger partial charge in [-0.3, -0.25) is 0 Å². The van der Waals surface area contributed by atoms with E-state index in [9.17, 15) is 0 Å². The average Bonchev–Trinajstić information content (AvgIpc) is 2.14. The number of thioether (sulfide) groups is 2. The lowest BCUT2D eigenvalue weighted by atomic mass is 10.5. The fourth-order valence-corrected chi connectivity index (χ4v) is 2.23. The van der Waals surface area contributed by atoms with Crippen molar-refractivity contribution in [1.82, 2.24) is 0 Å². The van der Waals surface area contributed by atoms with Gasteiger partial charge >= 0.3 is 0 Å². The Hall–Kier alpha value is 0.370. The molecular weight excluding hydrogens is 224 g/mol. The van der Waals surface area contributed by atoms with Crippen LogP contribution in [0.25, 0.3) is 0 Å². The molecule has 0 saturated carbocycles. The second kappa shape index (κ2) is 8.95. The molecule has 5 heteroatoms. The summed E-state index contributed by atoms with van der Waals surface area (Å²) in [6.07, 6.45) is 5.13. The minimum atomic E-state index is -0.0708. The van der Waals surface area contributed by atoms with Gasteiger partial charge in [0.1, 0.15) is 0 Å². The molecule has 13 heavy (non-hydrogen) atoms. The zero-order valence-corrected chi connectivity index (χ0v) is 11.0. The highest BCUT2D eigenvalue weighted by atomic mass is 35.5. The fraction of sp³-hybridized carbons (Fsp3) is 0.875. The van der Waals surface area contributed by atoms with Crippen molar-refractivity contribution in [3.63, 3.8) is 0 Å². The largest absolute Gasteiger partial charge is 0.226 e. The minimum Gasteiger partial charge on any atom is -0.226 e. The van der Waals surface area contributed by atoms with E-state index >= 15 is 0 Å². The van der Waals surface area contributed by atoms with Gasteiger partial charge in [0, 0.05) is 6.54 Å². The molecule has 0 aliphatic carbocycles. The smallest absolute Gasteiger partial charge is 0.161 e. The predicted octanol–water partition coefficient (Wildman–Crippen LogP) is 3.39. The SMILES string of the molecule is CCN=C=NC(CC)(SC)SC.Cl. The van der Waals surface area contributed by atoms with Crippen LogP contribution in [0.3, 0.4) is 0 Å². The third-order valence-corrected chi connectivity index (χ3v) is 4.57. The van der Waals surface area contributed by atoms with E-state index in [-0.39, 0.29) is 16.6 Å². The van der Waals surface area contributed by atoms with Gasteiger partial charge < -0.3 is 0 Å². The zero-order valence-electron chi connectivity index (χ0n) is 8.53.